The molecular weight excluding hydrogens is 364 g/mol. The zero-order chi connectivity index (χ0) is 19.6. The minimum atomic E-state index is -0.501. The number of rotatable bonds is 2. The van der Waals surface area contributed by atoms with Gasteiger partial charge in [-0.25, -0.2) is 14.8 Å². The standard InChI is InChI=1S/C20H25ClN4O2/c1-14-13-24(10-11-25(14)19(26)27-20(2,3)4)17-12-16(21)22-18(23-17)15-8-6-5-7-9-15/h5-9,12,14H,10-11,13H2,1-4H3/t14-/m0/s1. The number of benzene rings is 1. The maximum Gasteiger partial charge on any atom is 0.410 e. The molecule has 0 unspecified atom stereocenters. The molecule has 1 aliphatic heterocycles. The molecule has 2 heterocycles. The molecule has 1 saturated heterocycles. The van der Waals surface area contributed by atoms with Crippen molar-refractivity contribution < 1.29 is 9.53 Å². The summed E-state index contributed by atoms with van der Waals surface area (Å²) in [5, 5.41) is 0.404. The molecule has 144 valence electrons. The van der Waals surface area contributed by atoms with E-state index in [0.29, 0.717) is 30.6 Å². The summed E-state index contributed by atoms with van der Waals surface area (Å²) in [6.45, 7) is 9.51. The van der Waals surface area contributed by atoms with Gasteiger partial charge in [0.15, 0.2) is 5.82 Å². The molecule has 1 fully saturated rings. The van der Waals surface area contributed by atoms with Crippen LogP contribution >= 0.6 is 11.6 Å². The largest absolute Gasteiger partial charge is 0.444 e. The van der Waals surface area contributed by atoms with Crippen molar-refractivity contribution in [3.8, 4) is 11.4 Å². The molecule has 0 saturated carbocycles. The number of aromatic nitrogens is 2. The van der Waals surface area contributed by atoms with Crippen LogP contribution in [0.5, 0.6) is 0 Å². The summed E-state index contributed by atoms with van der Waals surface area (Å²) < 4.78 is 5.51. The van der Waals surface area contributed by atoms with Crippen LogP contribution in [-0.4, -0.2) is 52.2 Å². The Bertz CT molecular complexity index is 807. The van der Waals surface area contributed by atoms with Crippen molar-refractivity contribution in [1.82, 2.24) is 14.9 Å². The maximum absolute atomic E-state index is 12.4. The van der Waals surface area contributed by atoms with Crippen LogP contribution in [0.1, 0.15) is 27.7 Å². The molecule has 6 nitrogen and oxygen atoms in total. The van der Waals surface area contributed by atoms with Gasteiger partial charge in [-0.2, -0.15) is 0 Å². The van der Waals surface area contributed by atoms with Gasteiger partial charge in [-0.1, -0.05) is 41.9 Å². The second-order valence-corrected chi connectivity index (χ2v) is 8.09. The quantitative estimate of drug-likeness (QED) is 0.720. The predicted molar refractivity (Wildman–Crippen MR) is 107 cm³/mol. The molecular formula is C20H25ClN4O2. The molecule has 0 aliphatic carbocycles. The van der Waals surface area contributed by atoms with E-state index in [-0.39, 0.29) is 12.1 Å². The molecule has 0 bridgehead atoms. The molecule has 27 heavy (non-hydrogen) atoms. The first-order valence-electron chi connectivity index (χ1n) is 9.07. The van der Waals surface area contributed by atoms with Gasteiger partial charge in [0.1, 0.15) is 16.6 Å². The minimum Gasteiger partial charge on any atom is -0.444 e. The molecule has 3 rings (SSSR count). The van der Waals surface area contributed by atoms with E-state index in [1.165, 1.54) is 0 Å². The summed E-state index contributed by atoms with van der Waals surface area (Å²) in [6, 6.07) is 11.5. The number of hydrogen-bond donors (Lipinski definition) is 0. The molecule has 1 atom stereocenters. The summed E-state index contributed by atoms with van der Waals surface area (Å²) in [5.41, 5.74) is 0.417. The number of carbonyl (C=O) groups is 1. The Kier molecular flexibility index (Phi) is 5.56. The van der Waals surface area contributed by atoms with Gasteiger partial charge < -0.3 is 14.5 Å². The van der Waals surface area contributed by atoms with E-state index >= 15 is 0 Å². The van der Waals surface area contributed by atoms with Crippen molar-refractivity contribution in [2.45, 2.75) is 39.3 Å². The Labute approximate surface area is 165 Å². The molecule has 1 amide bonds. The van der Waals surface area contributed by atoms with Gasteiger partial charge in [0.05, 0.1) is 0 Å². The normalized spacial score (nSPS) is 17.7. The third-order valence-electron chi connectivity index (χ3n) is 4.29. The summed E-state index contributed by atoms with van der Waals surface area (Å²) in [5.74, 6) is 1.37. The highest BCUT2D eigenvalue weighted by atomic mass is 35.5. The molecule has 0 radical (unpaired) electrons. The number of amides is 1. The lowest BCUT2D eigenvalue weighted by molar-refractivity contribution is 0.0158. The van der Waals surface area contributed by atoms with E-state index in [1.54, 1.807) is 11.0 Å². The van der Waals surface area contributed by atoms with Gasteiger partial charge in [-0.15, -0.1) is 0 Å². The van der Waals surface area contributed by atoms with E-state index in [1.807, 2.05) is 58.0 Å². The van der Waals surface area contributed by atoms with Crippen LogP contribution in [0.3, 0.4) is 0 Å². The van der Waals surface area contributed by atoms with Crippen LogP contribution in [-0.2, 0) is 4.74 Å². The number of hydrogen-bond acceptors (Lipinski definition) is 5. The van der Waals surface area contributed by atoms with Crippen molar-refractivity contribution in [1.29, 1.82) is 0 Å². The van der Waals surface area contributed by atoms with Gasteiger partial charge in [-0.05, 0) is 27.7 Å². The fourth-order valence-corrected chi connectivity index (χ4v) is 3.22. The lowest BCUT2D eigenvalue weighted by atomic mass is 10.2. The number of piperazine rings is 1. The molecule has 0 spiro atoms. The highest BCUT2D eigenvalue weighted by Gasteiger charge is 2.31. The maximum atomic E-state index is 12.4. The Hall–Kier alpha value is -2.34. The third kappa shape index (κ3) is 4.89. The summed E-state index contributed by atoms with van der Waals surface area (Å²) >= 11 is 6.24. The van der Waals surface area contributed by atoms with Crippen LogP contribution in [0.4, 0.5) is 10.6 Å². The average molecular weight is 389 g/mol. The van der Waals surface area contributed by atoms with E-state index < -0.39 is 5.60 Å². The van der Waals surface area contributed by atoms with Gasteiger partial charge >= 0.3 is 6.09 Å². The number of nitrogens with zero attached hydrogens (tertiary/aromatic N) is 4. The van der Waals surface area contributed by atoms with Crippen molar-refractivity contribution in [3.63, 3.8) is 0 Å². The lowest BCUT2D eigenvalue weighted by Crippen LogP contribution is -2.55. The number of halogens is 1. The second-order valence-electron chi connectivity index (χ2n) is 7.71. The van der Waals surface area contributed by atoms with E-state index in [0.717, 1.165) is 11.4 Å². The van der Waals surface area contributed by atoms with E-state index in [9.17, 15) is 4.79 Å². The highest BCUT2D eigenvalue weighted by molar-refractivity contribution is 6.29. The van der Waals surface area contributed by atoms with Crippen LogP contribution in [0.15, 0.2) is 36.4 Å². The van der Waals surface area contributed by atoms with Crippen molar-refractivity contribution in [2.75, 3.05) is 24.5 Å². The van der Waals surface area contributed by atoms with Gasteiger partial charge in [-0.3, -0.25) is 0 Å². The number of ether oxygens (including phenoxy) is 1. The zero-order valence-electron chi connectivity index (χ0n) is 16.1. The van der Waals surface area contributed by atoms with Crippen molar-refractivity contribution in [3.05, 3.63) is 41.6 Å². The zero-order valence-corrected chi connectivity index (χ0v) is 16.9. The SMILES string of the molecule is C[C@H]1CN(c2cc(Cl)nc(-c3ccccc3)n2)CCN1C(=O)OC(C)(C)C. The Morgan fingerprint density at radius 2 is 1.89 bits per heavy atom. The highest BCUT2D eigenvalue weighted by Crippen LogP contribution is 2.25. The van der Waals surface area contributed by atoms with Gasteiger partial charge in [0.25, 0.3) is 0 Å². The molecule has 1 aromatic carbocycles. The average Bonchev–Trinajstić information content (AvgIpc) is 2.60. The Morgan fingerprint density at radius 1 is 1.19 bits per heavy atom. The van der Waals surface area contributed by atoms with Crippen LogP contribution in [0.25, 0.3) is 11.4 Å². The summed E-state index contributed by atoms with van der Waals surface area (Å²) in [7, 11) is 0. The lowest BCUT2D eigenvalue weighted by Gasteiger charge is -2.40. The molecule has 7 heteroatoms. The Balaban J connectivity index is 1.76. The minimum absolute atomic E-state index is 0.00233. The van der Waals surface area contributed by atoms with Crippen molar-refractivity contribution in [2.24, 2.45) is 0 Å². The van der Waals surface area contributed by atoms with E-state index in [4.69, 9.17) is 16.3 Å². The van der Waals surface area contributed by atoms with Crippen molar-refractivity contribution >= 4 is 23.5 Å². The summed E-state index contributed by atoms with van der Waals surface area (Å²) in [4.78, 5) is 25.3. The van der Waals surface area contributed by atoms with Gasteiger partial charge in [0, 0.05) is 37.3 Å². The first-order chi connectivity index (χ1) is 12.7. The Morgan fingerprint density at radius 3 is 2.52 bits per heavy atom. The monoisotopic (exact) mass is 388 g/mol. The third-order valence-corrected chi connectivity index (χ3v) is 4.49. The second kappa shape index (κ2) is 7.72. The molecule has 0 N–H and O–H groups in total. The molecule has 1 aromatic heterocycles. The topological polar surface area (TPSA) is 58.6 Å². The van der Waals surface area contributed by atoms with Crippen LogP contribution in [0.2, 0.25) is 5.15 Å². The smallest absolute Gasteiger partial charge is 0.410 e. The first kappa shape index (κ1) is 19.4. The number of anilines is 1. The fourth-order valence-electron chi connectivity index (χ4n) is 3.04. The molecule has 1 aliphatic rings. The summed E-state index contributed by atoms with van der Waals surface area (Å²) in [6.07, 6.45) is -0.277. The molecule has 2 aromatic rings. The van der Waals surface area contributed by atoms with E-state index in [2.05, 4.69) is 14.9 Å². The van der Waals surface area contributed by atoms with Crippen LogP contribution < -0.4 is 4.90 Å². The predicted octanol–water partition coefficient (Wildman–Crippen LogP) is 4.24. The fraction of sp³-hybridized carbons (Fsp3) is 0.450. The first-order valence-corrected chi connectivity index (χ1v) is 9.45. The van der Waals surface area contributed by atoms with Gasteiger partial charge in [0.2, 0.25) is 0 Å². The van der Waals surface area contributed by atoms with Crippen LogP contribution in [0, 0.1) is 0 Å². The number of carbonyl (C=O) groups excluding carboxylic acids is 1.